The Bertz CT molecular complexity index is 818. The minimum atomic E-state index is -4.16. The number of aromatic nitrogens is 4. The Hall–Kier alpha value is -1.07. The molecule has 2 fully saturated rings. The fraction of sp³-hybridized carbons (Fsp3) is 0.583. The lowest BCUT2D eigenvalue weighted by atomic mass is 10.1. The molecule has 5 atom stereocenters. The van der Waals surface area contributed by atoms with Crippen LogP contribution in [0.15, 0.2) is 17.7 Å². The van der Waals surface area contributed by atoms with E-state index in [9.17, 15) is 14.6 Å². The van der Waals surface area contributed by atoms with Gasteiger partial charge in [-0.2, -0.15) is 0 Å². The molecule has 2 aromatic rings. The van der Waals surface area contributed by atoms with E-state index < -0.39 is 32.4 Å². The van der Waals surface area contributed by atoms with Crippen LogP contribution in [0.5, 0.6) is 0 Å². The molecule has 130 valence electrons. The first kappa shape index (κ1) is 16.4. The highest BCUT2D eigenvalue weighted by Crippen LogP contribution is 2.52. The molecule has 2 aliphatic heterocycles. The summed E-state index contributed by atoms with van der Waals surface area (Å²) in [5, 5.41) is 11.2. The number of rotatable bonds is 3. The van der Waals surface area contributed by atoms with Crippen LogP contribution in [0.3, 0.4) is 0 Å². The lowest BCUT2D eigenvalue weighted by molar-refractivity contribution is -0.0664. The molecule has 0 radical (unpaired) electrons. The third kappa shape index (κ3) is 2.66. The van der Waals surface area contributed by atoms with Crippen LogP contribution in [0, 0.1) is 0 Å². The van der Waals surface area contributed by atoms with Crippen LogP contribution in [0.25, 0.3) is 11.2 Å². The summed E-state index contributed by atoms with van der Waals surface area (Å²) in [5.41, 5.74) is 1.12. The predicted molar refractivity (Wildman–Crippen MR) is 82.3 cm³/mol. The molecule has 0 aromatic carbocycles. The first-order valence-electron chi connectivity index (χ1n) is 7.30. The van der Waals surface area contributed by atoms with Gasteiger partial charge in [-0.15, -0.1) is 11.8 Å². The molecule has 10 nitrogen and oxygen atoms in total. The van der Waals surface area contributed by atoms with E-state index in [1.165, 1.54) is 24.4 Å². The average molecular weight is 374 g/mol. The number of aliphatic hydroxyl groups is 1. The standard InChI is InChI=1S/C12H15N4O6PS/c1-2-24-11-7-10(13-4-14-11)16(5-15-7)12-8(17)9-6(21-12)3-20-23(18,19)22-9/h4-6,8-9,12,17H,2-3H2,1H3,(H,18,19)/t6?,8?,9?,12-/m1/s1. The molecule has 0 amide bonds. The Morgan fingerprint density at radius 1 is 1.46 bits per heavy atom. The van der Waals surface area contributed by atoms with Crippen molar-refractivity contribution in [2.24, 2.45) is 0 Å². The lowest BCUT2D eigenvalue weighted by Gasteiger charge is -2.27. The van der Waals surface area contributed by atoms with Crippen molar-refractivity contribution in [1.29, 1.82) is 0 Å². The van der Waals surface area contributed by atoms with Crippen molar-refractivity contribution in [3.63, 3.8) is 0 Å². The van der Waals surface area contributed by atoms with Gasteiger partial charge in [-0.3, -0.25) is 13.6 Å². The van der Waals surface area contributed by atoms with Crippen molar-refractivity contribution in [3.05, 3.63) is 12.7 Å². The Morgan fingerprint density at radius 3 is 3.08 bits per heavy atom. The Balaban J connectivity index is 1.69. The summed E-state index contributed by atoms with van der Waals surface area (Å²) < 4.78 is 28.6. The highest BCUT2D eigenvalue weighted by Gasteiger charge is 2.52. The molecule has 0 bridgehead atoms. The van der Waals surface area contributed by atoms with Crippen LogP contribution in [0.1, 0.15) is 13.2 Å². The highest BCUT2D eigenvalue weighted by atomic mass is 32.2. The summed E-state index contributed by atoms with van der Waals surface area (Å²) in [7, 11) is -4.16. The van der Waals surface area contributed by atoms with Gasteiger partial charge in [0.25, 0.3) is 0 Å². The van der Waals surface area contributed by atoms with Crippen molar-refractivity contribution in [2.45, 2.75) is 36.5 Å². The van der Waals surface area contributed by atoms with Gasteiger partial charge < -0.3 is 14.7 Å². The van der Waals surface area contributed by atoms with Gasteiger partial charge in [0, 0.05) is 0 Å². The number of hydrogen-bond donors (Lipinski definition) is 2. The molecule has 0 spiro atoms. The minimum absolute atomic E-state index is 0.134. The Morgan fingerprint density at radius 2 is 2.29 bits per heavy atom. The maximum Gasteiger partial charge on any atom is 0.472 e. The first-order chi connectivity index (χ1) is 11.5. The summed E-state index contributed by atoms with van der Waals surface area (Å²) in [6.07, 6.45) is -0.681. The molecular weight excluding hydrogens is 359 g/mol. The zero-order valence-corrected chi connectivity index (χ0v) is 14.3. The highest BCUT2D eigenvalue weighted by molar-refractivity contribution is 7.99. The van der Waals surface area contributed by atoms with E-state index in [0.29, 0.717) is 11.2 Å². The number of hydrogen-bond acceptors (Lipinski definition) is 9. The van der Waals surface area contributed by atoms with Crippen LogP contribution in [-0.4, -0.2) is 60.2 Å². The van der Waals surface area contributed by atoms with Crippen LogP contribution in [0.4, 0.5) is 0 Å². The SMILES string of the molecule is CCSc1ncnc2c1ncn2[C@@H]1OC2COP(=O)(O)OC2C1O. The molecule has 4 heterocycles. The molecular formula is C12H15N4O6PS. The number of thioether (sulfide) groups is 1. The van der Waals surface area contributed by atoms with Gasteiger partial charge in [-0.25, -0.2) is 19.5 Å². The summed E-state index contributed by atoms with van der Waals surface area (Å²) in [6, 6.07) is 0. The van der Waals surface area contributed by atoms with Gasteiger partial charge in [0.15, 0.2) is 11.9 Å². The second-order valence-corrected chi connectivity index (χ2v) is 7.98. The molecule has 4 rings (SSSR count). The number of aliphatic hydroxyl groups excluding tert-OH is 1. The van der Waals surface area contributed by atoms with Gasteiger partial charge in [0.05, 0.1) is 12.9 Å². The minimum Gasteiger partial charge on any atom is -0.386 e. The van der Waals surface area contributed by atoms with E-state index in [2.05, 4.69) is 15.0 Å². The van der Waals surface area contributed by atoms with E-state index >= 15 is 0 Å². The molecule has 24 heavy (non-hydrogen) atoms. The normalized spacial score (nSPS) is 36.1. The zero-order valence-electron chi connectivity index (χ0n) is 12.6. The van der Waals surface area contributed by atoms with Crippen LogP contribution < -0.4 is 0 Å². The fourth-order valence-corrected chi connectivity index (χ4v) is 4.46. The molecule has 4 unspecified atom stereocenters. The zero-order chi connectivity index (χ0) is 16.9. The number of phosphoric ester groups is 1. The summed E-state index contributed by atoms with van der Waals surface area (Å²) in [5.74, 6) is 0.836. The fourth-order valence-electron chi connectivity index (χ4n) is 2.82. The summed E-state index contributed by atoms with van der Waals surface area (Å²) in [6.45, 7) is 1.87. The molecule has 2 aliphatic rings. The third-order valence-corrected chi connectivity index (χ3v) is 5.69. The van der Waals surface area contributed by atoms with Crippen molar-refractivity contribution in [3.8, 4) is 0 Å². The smallest absolute Gasteiger partial charge is 0.386 e. The first-order valence-corrected chi connectivity index (χ1v) is 9.78. The topological polar surface area (TPSA) is 129 Å². The van der Waals surface area contributed by atoms with E-state index in [4.69, 9.17) is 13.8 Å². The van der Waals surface area contributed by atoms with Crippen LogP contribution in [-0.2, 0) is 18.3 Å². The van der Waals surface area contributed by atoms with Gasteiger partial charge in [0.1, 0.15) is 35.2 Å². The Labute approximate surface area is 140 Å². The van der Waals surface area contributed by atoms with Crippen molar-refractivity contribution < 1.29 is 28.3 Å². The molecule has 0 aliphatic carbocycles. The number of imidazole rings is 1. The van der Waals surface area contributed by atoms with Crippen LogP contribution >= 0.6 is 19.6 Å². The van der Waals surface area contributed by atoms with Gasteiger partial charge in [-0.05, 0) is 5.75 Å². The monoisotopic (exact) mass is 374 g/mol. The number of nitrogens with zero attached hydrogens (tertiary/aromatic N) is 4. The molecule has 2 aromatic heterocycles. The van der Waals surface area contributed by atoms with E-state index in [1.807, 2.05) is 6.92 Å². The lowest BCUT2D eigenvalue weighted by Crippen LogP contribution is -2.39. The number of ether oxygens (including phenoxy) is 1. The van der Waals surface area contributed by atoms with E-state index in [1.54, 1.807) is 4.57 Å². The average Bonchev–Trinajstić information content (AvgIpc) is 3.10. The summed E-state index contributed by atoms with van der Waals surface area (Å²) >= 11 is 1.54. The summed E-state index contributed by atoms with van der Waals surface area (Å²) in [4.78, 5) is 22.2. The predicted octanol–water partition coefficient (Wildman–Crippen LogP) is 0.712. The number of fused-ring (bicyclic) bond motifs is 2. The molecule has 0 saturated carbocycles. The second-order valence-electron chi connectivity index (χ2n) is 5.33. The van der Waals surface area contributed by atoms with E-state index in [0.717, 1.165) is 10.8 Å². The van der Waals surface area contributed by atoms with Crippen molar-refractivity contribution >= 4 is 30.7 Å². The largest absolute Gasteiger partial charge is 0.472 e. The van der Waals surface area contributed by atoms with Gasteiger partial charge in [0.2, 0.25) is 0 Å². The Kier molecular flexibility index (Phi) is 4.12. The van der Waals surface area contributed by atoms with Crippen LogP contribution in [0.2, 0.25) is 0 Å². The van der Waals surface area contributed by atoms with Crippen molar-refractivity contribution in [2.75, 3.05) is 12.4 Å². The third-order valence-electron chi connectivity index (χ3n) is 3.85. The molecule has 2 N–H and O–H groups in total. The maximum absolute atomic E-state index is 11.5. The van der Waals surface area contributed by atoms with Crippen molar-refractivity contribution in [1.82, 2.24) is 19.5 Å². The quantitative estimate of drug-likeness (QED) is 0.450. The van der Waals surface area contributed by atoms with Gasteiger partial charge >= 0.3 is 7.82 Å². The molecule has 12 heteroatoms. The second kappa shape index (κ2) is 6.03. The maximum atomic E-state index is 11.5. The van der Waals surface area contributed by atoms with Gasteiger partial charge in [-0.1, -0.05) is 6.92 Å². The number of phosphoric acid groups is 1. The molecule has 2 saturated heterocycles. The van der Waals surface area contributed by atoms with E-state index in [-0.39, 0.29) is 6.61 Å².